The van der Waals surface area contributed by atoms with Crippen molar-refractivity contribution in [3.8, 4) is 0 Å². The van der Waals surface area contributed by atoms with E-state index in [1.54, 1.807) is 5.56 Å². The molecule has 0 aliphatic carbocycles. The van der Waals surface area contributed by atoms with E-state index in [-0.39, 0.29) is 0 Å². The molecule has 0 N–H and O–H groups in total. The zero-order valence-corrected chi connectivity index (χ0v) is 10.8. The lowest BCUT2D eigenvalue weighted by molar-refractivity contribution is 0.623. The summed E-state index contributed by atoms with van der Waals surface area (Å²) < 4.78 is 0. The summed E-state index contributed by atoms with van der Waals surface area (Å²) in [6.07, 6.45) is 3.86. The third-order valence-electron chi connectivity index (χ3n) is 3.53. The van der Waals surface area contributed by atoms with Gasteiger partial charge in [-0.05, 0) is 31.4 Å². The molecule has 1 unspecified atom stereocenters. The predicted molar refractivity (Wildman–Crippen MR) is 71.3 cm³/mol. The zero-order valence-electron chi connectivity index (χ0n) is 10.8. The van der Waals surface area contributed by atoms with Crippen molar-refractivity contribution in [2.24, 2.45) is 0 Å². The Labute approximate surface area is 99.5 Å². The first kappa shape index (κ1) is 11.5. The fraction of sp³-hybridized carbons (Fsp3) is 0.600. The topological polar surface area (TPSA) is 3.24 Å². The first-order chi connectivity index (χ1) is 7.76. The van der Waals surface area contributed by atoms with Gasteiger partial charge in [0.05, 0.1) is 0 Å². The summed E-state index contributed by atoms with van der Waals surface area (Å²) in [5, 5.41) is 0. The lowest BCUT2D eigenvalue weighted by Gasteiger charge is -2.18. The van der Waals surface area contributed by atoms with Crippen LogP contribution in [0, 0.1) is 6.92 Å². The van der Waals surface area contributed by atoms with E-state index < -0.39 is 0 Å². The Morgan fingerprint density at radius 3 is 2.75 bits per heavy atom. The highest BCUT2D eigenvalue weighted by atomic mass is 15.1. The minimum absolute atomic E-state index is 0.770. The monoisotopic (exact) mass is 217 g/mol. The number of benzene rings is 1. The van der Waals surface area contributed by atoms with E-state index in [2.05, 4.69) is 43.9 Å². The van der Waals surface area contributed by atoms with Gasteiger partial charge in [-0.1, -0.05) is 38.0 Å². The van der Waals surface area contributed by atoms with E-state index in [1.165, 1.54) is 43.6 Å². The summed E-state index contributed by atoms with van der Waals surface area (Å²) in [6, 6.07) is 6.96. The van der Waals surface area contributed by atoms with Crippen molar-refractivity contribution in [3.05, 3.63) is 29.3 Å². The quantitative estimate of drug-likeness (QED) is 0.733. The van der Waals surface area contributed by atoms with Gasteiger partial charge < -0.3 is 4.90 Å². The van der Waals surface area contributed by atoms with Gasteiger partial charge in [0, 0.05) is 24.7 Å². The average molecular weight is 217 g/mol. The molecule has 1 aromatic rings. The number of aryl methyl sites for hydroxylation is 1. The van der Waals surface area contributed by atoms with Crippen molar-refractivity contribution < 1.29 is 0 Å². The van der Waals surface area contributed by atoms with Gasteiger partial charge in [0.1, 0.15) is 0 Å². The summed E-state index contributed by atoms with van der Waals surface area (Å²) in [5.74, 6) is 0.770. The summed E-state index contributed by atoms with van der Waals surface area (Å²) in [5.41, 5.74) is 4.49. The van der Waals surface area contributed by atoms with Gasteiger partial charge in [-0.2, -0.15) is 0 Å². The maximum absolute atomic E-state index is 2.56. The highest BCUT2D eigenvalue weighted by molar-refractivity contribution is 5.61. The summed E-state index contributed by atoms with van der Waals surface area (Å²) in [7, 11) is 0. The molecule has 1 heterocycles. The molecule has 0 bridgehead atoms. The zero-order chi connectivity index (χ0) is 11.5. The Balaban J connectivity index is 2.29. The Hall–Kier alpha value is -0.980. The minimum atomic E-state index is 0.770. The van der Waals surface area contributed by atoms with Gasteiger partial charge in [0.15, 0.2) is 0 Å². The molecule has 16 heavy (non-hydrogen) atoms. The molecule has 1 nitrogen and oxygen atoms in total. The van der Waals surface area contributed by atoms with Crippen molar-refractivity contribution in [1.29, 1.82) is 0 Å². The van der Waals surface area contributed by atoms with Gasteiger partial charge in [0.25, 0.3) is 0 Å². The van der Waals surface area contributed by atoms with Crippen molar-refractivity contribution >= 4 is 5.69 Å². The van der Waals surface area contributed by atoms with Gasteiger partial charge in [-0.15, -0.1) is 0 Å². The second kappa shape index (κ2) is 4.90. The van der Waals surface area contributed by atoms with E-state index in [0.29, 0.717) is 0 Å². The molecule has 0 fully saturated rings. The normalized spacial score (nSPS) is 18.9. The Morgan fingerprint density at radius 1 is 1.25 bits per heavy atom. The minimum Gasteiger partial charge on any atom is -0.371 e. The van der Waals surface area contributed by atoms with Crippen molar-refractivity contribution in [1.82, 2.24) is 0 Å². The fourth-order valence-corrected chi connectivity index (χ4v) is 2.83. The average Bonchev–Trinajstić information content (AvgIpc) is 2.58. The highest BCUT2D eigenvalue weighted by Crippen LogP contribution is 2.39. The largest absolute Gasteiger partial charge is 0.371 e. The molecule has 2 rings (SSSR count). The molecule has 0 radical (unpaired) electrons. The van der Waals surface area contributed by atoms with Crippen LogP contribution in [0.4, 0.5) is 5.69 Å². The van der Waals surface area contributed by atoms with Crippen LogP contribution in [0.2, 0.25) is 0 Å². The van der Waals surface area contributed by atoms with Crippen LogP contribution in [0.5, 0.6) is 0 Å². The van der Waals surface area contributed by atoms with E-state index in [0.717, 1.165) is 5.92 Å². The van der Waals surface area contributed by atoms with Crippen LogP contribution in [0.25, 0.3) is 0 Å². The third kappa shape index (κ3) is 2.09. The second-order valence-electron chi connectivity index (χ2n) is 4.99. The van der Waals surface area contributed by atoms with Crippen molar-refractivity contribution in [2.45, 2.75) is 46.0 Å². The number of hydrogen-bond donors (Lipinski definition) is 0. The van der Waals surface area contributed by atoms with Crippen molar-refractivity contribution in [2.75, 3.05) is 18.0 Å². The maximum atomic E-state index is 2.56. The predicted octanol–water partition coefficient (Wildman–Crippen LogP) is 4.11. The van der Waals surface area contributed by atoms with Gasteiger partial charge in [-0.25, -0.2) is 0 Å². The lowest BCUT2D eigenvalue weighted by atomic mass is 9.95. The van der Waals surface area contributed by atoms with Gasteiger partial charge in [-0.3, -0.25) is 0 Å². The maximum Gasteiger partial charge on any atom is 0.0402 e. The molecule has 0 saturated carbocycles. The number of fused-ring (bicyclic) bond motifs is 1. The number of anilines is 1. The van der Waals surface area contributed by atoms with Crippen LogP contribution in [-0.2, 0) is 0 Å². The first-order valence-electron chi connectivity index (χ1n) is 6.61. The molecule has 0 saturated heterocycles. The molecule has 1 aliphatic heterocycles. The van der Waals surface area contributed by atoms with Crippen LogP contribution in [0.15, 0.2) is 18.2 Å². The Morgan fingerprint density at radius 2 is 2.06 bits per heavy atom. The van der Waals surface area contributed by atoms with Crippen LogP contribution < -0.4 is 4.90 Å². The molecule has 1 aliphatic rings. The molecule has 1 atom stereocenters. The van der Waals surface area contributed by atoms with Gasteiger partial charge in [0.2, 0.25) is 0 Å². The van der Waals surface area contributed by atoms with Crippen LogP contribution in [0.1, 0.15) is 50.2 Å². The van der Waals surface area contributed by atoms with Crippen molar-refractivity contribution in [3.63, 3.8) is 0 Å². The highest BCUT2D eigenvalue weighted by Gasteiger charge is 2.26. The molecule has 1 heteroatoms. The number of hydrogen-bond acceptors (Lipinski definition) is 1. The third-order valence-corrected chi connectivity index (χ3v) is 3.53. The Bertz CT molecular complexity index is 356. The smallest absolute Gasteiger partial charge is 0.0402 e. The molecule has 0 amide bonds. The van der Waals surface area contributed by atoms with E-state index in [9.17, 15) is 0 Å². The lowest BCUT2D eigenvalue weighted by Crippen LogP contribution is -2.22. The Kier molecular flexibility index (Phi) is 3.52. The SMILES string of the molecule is CCCC1CN(CCC)c2ccc(C)cc21. The fourth-order valence-electron chi connectivity index (χ4n) is 2.83. The molecular weight excluding hydrogens is 194 g/mol. The van der Waals surface area contributed by atoms with E-state index in [4.69, 9.17) is 0 Å². The van der Waals surface area contributed by atoms with Crippen LogP contribution >= 0.6 is 0 Å². The van der Waals surface area contributed by atoms with E-state index in [1.807, 2.05) is 0 Å². The summed E-state index contributed by atoms with van der Waals surface area (Å²) >= 11 is 0. The molecular formula is C15H23N. The second-order valence-corrected chi connectivity index (χ2v) is 4.99. The first-order valence-corrected chi connectivity index (χ1v) is 6.61. The molecule has 1 aromatic carbocycles. The number of nitrogens with zero attached hydrogens (tertiary/aromatic N) is 1. The van der Waals surface area contributed by atoms with Crippen LogP contribution in [-0.4, -0.2) is 13.1 Å². The van der Waals surface area contributed by atoms with Crippen LogP contribution in [0.3, 0.4) is 0 Å². The molecule has 0 spiro atoms. The number of rotatable bonds is 4. The molecule has 0 aromatic heterocycles. The van der Waals surface area contributed by atoms with E-state index >= 15 is 0 Å². The van der Waals surface area contributed by atoms with Gasteiger partial charge >= 0.3 is 0 Å². The summed E-state index contributed by atoms with van der Waals surface area (Å²) in [6.45, 7) is 9.20. The standard InChI is InChI=1S/C15H23N/c1-4-6-13-11-16(9-5-2)15-8-7-12(3)10-14(13)15/h7-8,10,13H,4-6,9,11H2,1-3H3. The summed E-state index contributed by atoms with van der Waals surface area (Å²) in [4.78, 5) is 2.56. The molecule has 88 valence electrons.